The lowest BCUT2D eigenvalue weighted by Crippen LogP contribution is -2.37. The maximum atomic E-state index is 5.19. The predicted molar refractivity (Wildman–Crippen MR) is 116 cm³/mol. The molecule has 0 saturated heterocycles. The number of aliphatic imine (C=N–C) groups is 1. The van der Waals surface area contributed by atoms with Crippen LogP contribution in [0.1, 0.15) is 22.5 Å². The minimum atomic E-state index is 0.645. The third kappa shape index (κ3) is 5.57. The first kappa shape index (κ1) is 20.4. The SMILES string of the molecule is CN=C(NCCc1ccc(OC)cc1)NCc1ccc(-n2nc(C)cc2C)nc1. The highest BCUT2D eigenvalue weighted by molar-refractivity contribution is 5.79. The summed E-state index contributed by atoms with van der Waals surface area (Å²) in [5.74, 6) is 2.46. The van der Waals surface area contributed by atoms with Crippen LogP contribution in [0, 0.1) is 13.8 Å². The summed E-state index contributed by atoms with van der Waals surface area (Å²) in [5.41, 5.74) is 4.38. The molecule has 0 aliphatic rings. The Morgan fingerprint density at radius 3 is 2.41 bits per heavy atom. The zero-order valence-electron chi connectivity index (χ0n) is 17.4. The zero-order chi connectivity index (χ0) is 20.6. The van der Waals surface area contributed by atoms with E-state index in [0.29, 0.717) is 6.54 Å². The monoisotopic (exact) mass is 392 g/mol. The Labute approximate surface area is 171 Å². The van der Waals surface area contributed by atoms with Crippen LogP contribution in [0.25, 0.3) is 5.82 Å². The second kappa shape index (κ2) is 9.73. The summed E-state index contributed by atoms with van der Waals surface area (Å²) in [6, 6.07) is 14.2. The molecule has 0 radical (unpaired) electrons. The fourth-order valence-corrected chi connectivity index (χ4v) is 3.03. The van der Waals surface area contributed by atoms with Gasteiger partial charge >= 0.3 is 0 Å². The smallest absolute Gasteiger partial charge is 0.191 e. The van der Waals surface area contributed by atoms with Crippen molar-refractivity contribution in [3.63, 3.8) is 0 Å². The standard InChI is InChI=1S/C22H28N6O/c1-16-13-17(2)28(27-16)21-10-7-19(14-25-21)15-26-22(23-3)24-12-11-18-5-8-20(29-4)9-6-18/h5-10,13-14H,11-12,15H2,1-4H3,(H2,23,24,26). The van der Waals surface area contributed by atoms with Crippen LogP contribution in [0.2, 0.25) is 0 Å². The number of aryl methyl sites for hydroxylation is 2. The number of hydrogen-bond donors (Lipinski definition) is 2. The Balaban J connectivity index is 1.48. The molecule has 0 amide bonds. The molecule has 3 rings (SSSR count). The summed E-state index contributed by atoms with van der Waals surface area (Å²) in [4.78, 5) is 8.81. The molecule has 3 aromatic rings. The van der Waals surface area contributed by atoms with Gasteiger partial charge in [0.1, 0.15) is 5.75 Å². The Morgan fingerprint density at radius 2 is 1.83 bits per heavy atom. The molecule has 0 spiro atoms. The molecule has 7 heteroatoms. The summed E-state index contributed by atoms with van der Waals surface area (Å²) in [5, 5.41) is 11.1. The number of methoxy groups -OCH3 is 1. The van der Waals surface area contributed by atoms with Crippen molar-refractivity contribution in [3.05, 3.63) is 71.2 Å². The van der Waals surface area contributed by atoms with Crippen LogP contribution in [0.4, 0.5) is 0 Å². The Bertz CT molecular complexity index is 944. The summed E-state index contributed by atoms with van der Waals surface area (Å²) in [7, 11) is 3.45. The van der Waals surface area contributed by atoms with Gasteiger partial charge in [0.25, 0.3) is 0 Å². The minimum absolute atomic E-state index is 0.645. The van der Waals surface area contributed by atoms with Crippen LogP contribution < -0.4 is 15.4 Å². The second-order valence-corrected chi connectivity index (χ2v) is 6.81. The van der Waals surface area contributed by atoms with Crippen molar-refractivity contribution in [1.82, 2.24) is 25.4 Å². The average Bonchev–Trinajstić information content (AvgIpc) is 3.09. The molecule has 0 atom stereocenters. The first-order valence-corrected chi connectivity index (χ1v) is 9.65. The van der Waals surface area contributed by atoms with E-state index < -0.39 is 0 Å². The molecule has 2 aromatic heterocycles. The highest BCUT2D eigenvalue weighted by Gasteiger charge is 2.05. The first-order valence-electron chi connectivity index (χ1n) is 9.65. The molecule has 2 heterocycles. The van der Waals surface area contributed by atoms with Gasteiger partial charge in [-0.05, 0) is 55.7 Å². The molecule has 2 N–H and O–H groups in total. The van der Waals surface area contributed by atoms with Crippen molar-refractivity contribution < 1.29 is 4.74 Å². The van der Waals surface area contributed by atoms with Crippen LogP contribution in [-0.2, 0) is 13.0 Å². The van der Waals surface area contributed by atoms with E-state index in [1.807, 2.05) is 49.0 Å². The second-order valence-electron chi connectivity index (χ2n) is 6.81. The van der Waals surface area contributed by atoms with Gasteiger partial charge in [0, 0.05) is 32.0 Å². The maximum absolute atomic E-state index is 5.19. The molecule has 29 heavy (non-hydrogen) atoms. The van der Waals surface area contributed by atoms with Gasteiger partial charge in [0.2, 0.25) is 0 Å². The summed E-state index contributed by atoms with van der Waals surface area (Å²) in [6.45, 7) is 5.45. The van der Waals surface area contributed by atoms with Crippen LogP contribution in [-0.4, -0.2) is 41.4 Å². The van der Waals surface area contributed by atoms with E-state index >= 15 is 0 Å². The molecule has 1 aromatic carbocycles. The lowest BCUT2D eigenvalue weighted by atomic mass is 10.1. The normalized spacial score (nSPS) is 11.4. The van der Waals surface area contributed by atoms with Gasteiger partial charge in [0.15, 0.2) is 11.8 Å². The van der Waals surface area contributed by atoms with Crippen LogP contribution in [0.5, 0.6) is 5.75 Å². The lowest BCUT2D eigenvalue weighted by molar-refractivity contribution is 0.414. The summed E-state index contributed by atoms with van der Waals surface area (Å²) >= 11 is 0. The van der Waals surface area contributed by atoms with Crippen molar-refractivity contribution in [2.75, 3.05) is 20.7 Å². The quantitative estimate of drug-likeness (QED) is 0.478. The van der Waals surface area contributed by atoms with Crippen molar-refractivity contribution >= 4 is 5.96 Å². The van der Waals surface area contributed by atoms with Crippen molar-refractivity contribution in [2.45, 2.75) is 26.8 Å². The molecular weight excluding hydrogens is 364 g/mol. The number of rotatable bonds is 7. The van der Waals surface area contributed by atoms with Gasteiger partial charge in [-0.15, -0.1) is 0 Å². The number of hydrogen-bond acceptors (Lipinski definition) is 4. The first-order chi connectivity index (χ1) is 14.1. The highest BCUT2D eigenvalue weighted by atomic mass is 16.5. The van der Waals surface area contributed by atoms with Gasteiger partial charge in [-0.2, -0.15) is 5.10 Å². The van der Waals surface area contributed by atoms with Gasteiger partial charge in [0.05, 0.1) is 12.8 Å². The van der Waals surface area contributed by atoms with E-state index in [-0.39, 0.29) is 0 Å². The van der Waals surface area contributed by atoms with E-state index in [0.717, 1.165) is 47.4 Å². The van der Waals surface area contributed by atoms with E-state index in [2.05, 4.69) is 43.9 Å². The minimum Gasteiger partial charge on any atom is -0.497 e. The summed E-state index contributed by atoms with van der Waals surface area (Å²) in [6.07, 6.45) is 2.77. The van der Waals surface area contributed by atoms with E-state index in [4.69, 9.17) is 4.74 Å². The Kier molecular flexibility index (Phi) is 6.84. The van der Waals surface area contributed by atoms with Crippen molar-refractivity contribution in [3.8, 4) is 11.6 Å². The predicted octanol–water partition coefficient (Wildman–Crippen LogP) is 2.80. The number of benzene rings is 1. The molecule has 0 saturated carbocycles. The van der Waals surface area contributed by atoms with E-state index in [9.17, 15) is 0 Å². The van der Waals surface area contributed by atoms with Crippen molar-refractivity contribution in [2.24, 2.45) is 4.99 Å². The lowest BCUT2D eigenvalue weighted by Gasteiger charge is -2.12. The van der Waals surface area contributed by atoms with Gasteiger partial charge in [-0.25, -0.2) is 9.67 Å². The topological polar surface area (TPSA) is 76.4 Å². The number of guanidine groups is 1. The Morgan fingerprint density at radius 1 is 1.07 bits per heavy atom. The molecular formula is C22H28N6O. The maximum Gasteiger partial charge on any atom is 0.191 e. The van der Waals surface area contributed by atoms with Crippen LogP contribution in [0.3, 0.4) is 0 Å². The van der Waals surface area contributed by atoms with Gasteiger partial charge in [-0.1, -0.05) is 18.2 Å². The van der Waals surface area contributed by atoms with Gasteiger partial charge < -0.3 is 15.4 Å². The van der Waals surface area contributed by atoms with Crippen molar-refractivity contribution in [1.29, 1.82) is 0 Å². The highest BCUT2D eigenvalue weighted by Crippen LogP contribution is 2.12. The molecule has 0 aliphatic carbocycles. The van der Waals surface area contributed by atoms with E-state index in [1.54, 1.807) is 14.2 Å². The number of nitrogens with zero attached hydrogens (tertiary/aromatic N) is 4. The van der Waals surface area contributed by atoms with Gasteiger partial charge in [-0.3, -0.25) is 4.99 Å². The fraction of sp³-hybridized carbons (Fsp3) is 0.318. The average molecular weight is 393 g/mol. The third-order valence-corrected chi connectivity index (χ3v) is 4.58. The molecule has 0 aliphatic heterocycles. The fourth-order valence-electron chi connectivity index (χ4n) is 3.03. The number of pyridine rings is 1. The largest absolute Gasteiger partial charge is 0.497 e. The Hall–Kier alpha value is -3.35. The molecule has 0 unspecified atom stereocenters. The molecule has 152 valence electrons. The molecule has 7 nitrogen and oxygen atoms in total. The number of ether oxygens (including phenoxy) is 1. The molecule has 0 fully saturated rings. The summed E-state index contributed by atoms with van der Waals surface area (Å²) < 4.78 is 7.04. The van der Waals surface area contributed by atoms with Crippen LogP contribution >= 0.6 is 0 Å². The number of aromatic nitrogens is 3. The van der Waals surface area contributed by atoms with E-state index in [1.165, 1.54) is 5.56 Å². The van der Waals surface area contributed by atoms with Crippen LogP contribution in [0.15, 0.2) is 53.7 Å². The number of nitrogens with one attached hydrogen (secondary N) is 2. The third-order valence-electron chi connectivity index (χ3n) is 4.58. The molecule has 0 bridgehead atoms. The zero-order valence-corrected chi connectivity index (χ0v) is 17.4.